The number of nitrogens with zero attached hydrogens (tertiary/aromatic N) is 4. The number of hydrogen-bond acceptors (Lipinski definition) is 4. The Kier molecular flexibility index (Phi) is 5.73. The molecule has 5 nitrogen and oxygen atoms in total. The summed E-state index contributed by atoms with van der Waals surface area (Å²) in [7, 11) is 0. The standard InChI is InChI=1S/C30H32N4O/c1-20-6-3-4-7-23(20)17-33-11-5-8-27(19-33)34-18-26-14-28-25(13-24(26)15-29(34)35)16-32-30(28)22-9-10-31-21(2)12-22/h3-4,6-7,9-10,12-14,27H,5,8,11,15-19H2,1-2H3/t27-/m1/s1. The van der Waals surface area contributed by atoms with Crippen molar-refractivity contribution in [2.24, 2.45) is 4.99 Å². The van der Waals surface area contributed by atoms with Gasteiger partial charge in [-0.3, -0.25) is 19.7 Å². The van der Waals surface area contributed by atoms with Crippen molar-refractivity contribution >= 4 is 11.6 Å². The molecule has 0 N–H and O–H groups in total. The van der Waals surface area contributed by atoms with Crippen molar-refractivity contribution in [2.75, 3.05) is 13.1 Å². The Morgan fingerprint density at radius 3 is 2.77 bits per heavy atom. The van der Waals surface area contributed by atoms with E-state index in [0.717, 1.165) is 49.4 Å². The van der Waals surface area contributed by atoms with Crippen LogP contribution in [-0.4, -0.2) is 45.5 Å². The first-order valence-electron chi connectivity index (χ1n) is 12.7. The van der Waals surface area contributed by atoms with Crippen molar-refractivity contribution in [3.8, 4) is 0 Å². The number of amides is 1. The number of fused-ring (bicyclic) bond motifs is 2. The van der Waals surface area contributed by atoms with E-state index in [9.17, 15) is 4.79 Å². The van der Waals surface area contributed by atoms with Crippen LogP contribution in [0, 0.1) is 13.8 Å². The van der Waals surface area contributed by atoms with E-state index in [1.165, 1.54) is 33.4 Å². The minimum Gasteiger partial charge on any atom is -0.334 e. The molecule has 1 fully saturated rings. The average molecular weight is 465 g/mol. The van der Waals surface area contributed by atoms with Gasteiger partial charge in [-0.2, -0.15) is 0 Å². The van der Waals surface area contributed by atoms with Gasteiger partial charge in [-0.05, 0) is 79.3 Å². The van der Waals surface area contributed by atoms with Crippen molar-refractivity contribution in [3.05, 3.63) is 99.4 Å². The van der Waals surface area contributed by atoms with Crippen molar-refractivity contribution < 1.29 is 4.79 Å². The fourth-order valence-corrected chi connectivity index (χ4v) is 5.92. The molecule has 0 saturated carbocycles. The van der Waals surface area contributed by atoms with Crippen LogP contribution < -0.4 is 0 Å². The van der Waals surface area contributed by atoms with Crippen LogP contribution in [0.25, 0.3) is 0 Å². The maximum atomic E-state index is 13.3. The third-order valence-electron chi connectivity index (χ3n) is 7.84. The molecule has 0 bridgehead atoms. The molecule has 3 aliphatic rings. The Morgan fingerprint density at radius 1 is 1.03 bits per heavy atom. The Bertz CT molecular complexity index is 1330. The van der Waals surface area contributed by atoms with Gasteiger partial charge in [0.2, 0.25) is 5.91 Å². The number of aromatic nitrogens is 1. The molecule has 35 heavy (non-hydrogen) atoms. The molecule has 1 amide bonds. The van der Waals surface area contributed by atoms with Gasteiger partial charge in [0.15, 0.2) is 0 Å². The first-order valence-corrected chi connectivity index (χ1v) is 12.7. The van der Waals surface area contributed by atoms with Crippen LogP contribution in [0.2, 0.25) is 0 Å². The molecule has 6 rings (SSSR count). The Balaban J connectivity index is 1.22. The monoisotopic (exact) mass is 464 g/mol. The molecule has 0 unspecified atom stereocenters. The molecule has 2 aromatic carbocycles. The van der Waals surface area contributed by atoms with E-state index in [-0.39, 0.29) is 11.9 Å². The zero-order chi connectivity index (χ0) is 23.9. The third-order valence-corrected chi connectivity index (χ3v) is 7.84. The van der Waals surface area contributed by atoms with Crippen molar-refractivity contribution in [3.63, 3.8) is 0 Å². The number of carbonyl (C=O) groups is 1. The quantitative estimate of drug-likeness (QED) is 0.567. The number of carbonyl (C=O) groups excluding carboxylic acids is 1. The SMILES string of the molecule is Cc1cc(C2=NCc3cc4c(cc32)CN([C@@H]2CCCN(Cc3ccccc3C)C2)C(=O)C4)ccn1. The normalized spacial score (nSPS) is 19.9. The van der Waals surface area contributed by atoms with Crippen LogP contribution in [0.5, 0.6) is 0 Å². The summed E-state index contributed by atoms with van der Waals surface area (Å²) in [4.78, 5) is 27.1. The molecule has 178 valence electrons. The predicted molar refractivity (Wildman–Crippen MR) is 138 cm³/mol. The minimum atomic E-state index is 0.268. The lowest BCUT2D eigenvalue weighted by molar-refractivity contribution is -0.135. The number of rotatable bonds is 4. The number of aliphatic imine (C=N–C) groups is 1. The molecule has 1 saturated heterocycles. The lowest BCUT2D eigenvalue weighted by Crippen LogP contribution is -2.51. The lowest BCUT2D eigenvalue weighted by Gasteiger charge is -2.41. The fraction of sp³-hybridized carbons (Fsp3) is 0.367. The van der Waals surface area contributed by atoms with Gasteiger partial charge in [0.25, 0.3) is 0 Å². The Hall–Kier alpha value is -3.31. The van der Waals surface area contributed by atoms with E-state index >= 15 is 0 Å². The van der Waals surface area contributed by atoms with Gasteiger partial charge in [0.1, 0.15) is 0 Å². The highest BCUT2D eigenvalue weighted by Gasteiger charge is 2.33. The highest BCUT2D eigenvalue weighted by molar-refractivity contribution is 6.15. The predicted octanol–water partition coefficient (Wildman–Crippen LogP) is 4.60. The topological polar surface area (TPSA) is 48.8 Å². The first kappa shape index (κ1) is 22.2. The second-order valence-electron chi connectivity index (χ2n) is 10.3. The second-order valence-corrected chi connectivity index (χ2v) is 10.3. The molecule has 5 heteroatoms. The van der Waals surface area contributed by atoms with Gasteiger partial charge in [-0.15, -0.1) is 0 Å². The number of benzene rings is 2. The molecule has 0 radical (unpaired) electrons. The van der Waals surface area contributed by atoms with Gasteiger partial charge in [-0.1, -0.05) is 30.3 Å². The van der Waals surface area contributed by atoms with Gasteiger partial charge in [0.05, 0.1) is 18.7 Å². The van der Waals surface area contributed by atoms with Gasteiger partial charge < -0.3 is 4.90 Å². The van der Waals surface area contributed by atoms with Gasteiger partial charge >= 0.3 is 0 Å². The second kappa shape index (κ2) is 9.04. The summed E-state index contributed by atoms with van der Waals surface area (Å²) in [5.74, 6) is 0.268. The zero-order valence-corrected chi connectivity index (χ0v) is 20.6. The molecule has 1 atom stereocenters. The molecule has 0 aliphatic carbocycles. The number of pyridine rings is 1. The van der Waals surface area contributed by atoms with E-state index in [0.29, 0.717) is 19.5 Å². The number of hydrogen-bond donors (Lipinski definition) is 0. The van der Waals surface area contributed by atoms with Crippen LogP contribution in [0.4, 0.5) is 0 Å². The molecular formula is C30H32N4O. The molecule has 3 aliphatic heterocycles. The number of aryl methyl sites for hydroxylation is 2. The van der Waals surface area contributed by atoms with Crippen LogP contribution in [0.15, 0.2) is 59.7 Å². The average Bonchev–Trinajstić information content (AvgIpc) is 3.26. The van der Waals surface area contributed by atoms with Crippen LogP contribution >= 0.6 is 0 Å². The van der Waals surface area contributed by atoms with Crippen molar-refractivity contribution in [2.45, 2.75) is 58.8 Å². The first-order chi connectivity index (χ1) is 17.0. The summed E-state index contributed by atoms with van der Waals surface area (Å²) in [6.07, 6.45) is 4.57. The highest BCUT2D eigenvalue weighted by Crippen LogP contribution is 2.32. The van der Waals surface area contributed by atoms with E-state index in [2.05, 4.69) is 64.2 Å². The maximum Gasteiger partial charge on any atom is 0.227 e. The summed E-state index contributed by atoms with van der Waals surface area (Å²) in [6.45, 7) is 8.60. The maximum absolute atomic E-state index is 13.3. The molecule has 3 aromatic rings. The van der Waals surface area contributed by atoms with Crippen LogP contribution in [0.3, 0.4) is 0 Å². The van der Waals surface area contributed by atoms with Gasteiger partial charge in [-0.25, -0.2) is 0 Å². The highest BCUT2D eigenvalue weighted by atomic mass is 16.2. The van der Waals surface area contributed by atoms with E-state index < -0.39 is 0 Å². The zero-order valence-electron chi connectivity index (χ0n) is 20.6. The van der Waals surface area contributed by atoms with E-state index in [1.54, 1.807) is 0 Å². The molecule has 0 spiro atoms. The lowest BCUT2D eigenvalue weighted by atomic mass is 9.90. The largest absolute Gasteiger partial charge is 0.334 e. The summed E-state index contributed by atoms with van der Waals surface area (Å²) >= 11 is 0. The third kappa shape index (κ3) is 4.30. The van der Waals surface area contributed by atoms with E-state index in [1.807, 2.05) is 19.2 Å². The fourth-order valence-electron chi connectivity index (χ4n) is 5.92. The van der Waals surface area contributed by atoms with Gasteiger partial charge in [0, 0.05) is 48.7 Å². The Labute approximate surface area is 207 Å². The molecular weight excluding hydrogens is 432 g/mol. The van der Waals surface area contributed by atoms with Crippen LogP contribution in [-0.2, 0) is 30.8 Å². The van der Waals surface area contributed by atoms with E-state index in [4.69, 9.17) is 4.99 Å². The minimum absolute atomic E-state index is 0.268. The number of likely N-dealkylation sites (tertiary alicyclic amines) is 1. The smallest absolute Gasteiger partial charge is 0.227 e. The summed E-state index contributed by atoms with van der Waals surface area (Å²) in [5, 5.41) is 0. The van der Waals surface area contributed by atoms with Crippen LogP contribution in [0.1, 0.15) is 57.5 Å². The van der Waals surface area contributed by atoms with Crippen molar-refractivity contribution in [1.29, 1.82) is 0 Å². The molecule has 4 heterocycles. The summed E-state index contributed by atoms with van der Waals surface area (Å²) in [6, 6.07) is 17.6. The summed E-state index contributed by atoms with van der Waals surface area (Å²) < 4.78 is 0. The number of piperidine rings is 1. The molecule has 1 aromatic heterocycles. The van der Waals surface area contributed by atoms with Crippen molar-refractivity contribution in [1.82, 2.24) is 14.8 Å². The summed E-state index contributed by atoms with van der Waals surface area (Å²) in [5.41, 5.74) is 10.8. The Morgan fingerprint density at radius 2 is 1.91 bits per heavy atom.